The highest BCUT2D eigenvalue weighted by molar-refractivity contribution is 5.94. The summed E-state index contributed by atoms with van der Waals surface area (Å²) < 4.78 is 0. The summed E-state index contributed by atoms with van der Waals surface area (Å²) >= 11 is 0. The quantitative estimate of drug-likeness (QED) is 0.841. The molecule has 0 aliphatic rings. The van der Waals surface area contributed by atoms with Crippen LogP contribution in [-0.2, 0) is 10.2 Å². The first kappa shape index (κ1) is 19.2. The molecule has 1 aromatic rings. The van der Waals surface area contributed by atoms with E-state index >= 15 is 0 Å². The lowest BCUT2D eigenvalue weighted by atomic mass is 9.87. The van der Waals surface area contributed by atoms with Crippen LogP contribution in [-0.4, -0.2) is 48.1 Å². The normalized spacial score (nSPS) is 12.6. The van der Waals surface area contributed by atoms with Gasteiger partial charge in [-0.2, -0.15) is 0 Å². The zero-order valence-electron chi connectivity index (χ0n) is 14.7. The van der Waals surface area contributed by atoms with Crippen LogP contribution in [0.25, 0.3) is 0 Å². The van der Waals surface area contributed by atoms with Crippen LogP contribution in [0.15, 0.2) is 24.3 Å². The molecule has 1 unspecified atom stereocenters. The molecule has 0 aliphatic carbocycles. The molecule has 2 N–H and O–H groups in total. The number of nitrogens with one attached hydrogen (secondary N) is 1. The largest absolute Gasteiger partial charge is 0.394 e. The van der Waals surface area contributed by atoms with Crippen LogP contribution in [0.5, 0.6) is 0 Å². The van der Waals surface area contributed by atoms with E-state index in [4.69, 9.17) is 5.11 Å². The second kappa shape index (κ2) is 8.11. The van der Waals surface area contributed by atoms with Crippen molar-refractivity contribution in [3.63, 3.8) is 0 Å². The molecule has 1 atom stereocenters. The van der Waals surface area contributed by atoms with Gasteiger partial charge in [-0.1, -0.05) is 32.9 Å². The highest BCUT2D eigenvalue weighted by Gasteiger charge is 2.16. The van der Waals surface area contributed by atoms with Gasteiger partial charge in [0, 0.05) is 25.6 Å². The highest BCUT2D eigenvalue weighted by Crippen LogP contribution is 2.22. The molecular weight excluding hydrogens is 292 g/mol. The fourth-order valence-electron chi connectivity index (χ4n) is 2.05. The summed E-state index contributed by atoms with van der Waals surface area (Å²) in [5, 5.41) is 11.8. The Morgan fingerprint density at radius 3 is 2.26 bits per heavy atom. The number of carbonyl (C=O) groups excluding carboxylic acids is 2. The maximum absolute atomic E-state index is 12.1. The summed E-state index contributed by atoms with van der Waals surface area (Å²) in [6.45, 7) is 8.34. The fourth-order valence-corrected chi connectivity index (χ4v) is 2.05. The van der Waals surface area contributed by atoms with Gasteiger partial charge in [-0.15, -0.1) is 0 Å². The van der Waals surface area contributed by atoms with Crippen molar-refractivity contribution in [3.05, 3.63) is 35.4 Å². The Balaban J connectivity index is 2.50. The molecule has 0 aliphatic heterocycles. The number of carbonyl (C=O) groups is 2. The van der Waals surface area contributed by atoms with Crippen LogP contribution in [0.3, 0.4) is 0 Å². The zero-order chi connectivity index (χ0) is 17.6. The average Bonchev–Trinajstić information content (AvgIpc) is 2.52. The van der Waals surface area contributed by atoms with E-state index in [1.165, 1.54) is 10.5 Å². The van der Waals surface area contributed by atoms with Crippen molar-refractivity contribution >= 4 is 11.8 Å². The number of amides is 2. The van der Waals surface area contributed by atoms with Gasteiger partial charge in [0.15, 0.2) is 0 Å². The summed E-state index contributed by atoms with van der Waals surface area (Å²) in [4.78, 5) is 25.4. The Hall–Kier alpha value is -1.88. The average molecular weight is 320 g/mol. The molecule has 0 heterocycles. The molecule has 0 aromatic heterocycles. The van der Waals surface area contributed by atoms with Gasteiger partial charge in [-0.3, -0.25) is 9.59 Å². The minimum Gasteiger partial charge on any atom is -0.394 e. The molecule has 1 rings (SSSR count). The fraction of sp³-hybridized carbons (Fsp3) is 0.556. The van der Waals surface area contributed by atoms with E-state index < -0.39 is 0 Å². The van der Waals surface area contributed by atoms with Crippen molar-refractivity contribution in [2.75, 3.05) is 20.2 Å². The molecule has 0 saturated carbocycles. The minimum atomic E-state index is -0.219. The molecule has 5 nitrogen and oxygen atoms in total. The molecular formula is C18H28N2O3. The van der Waals surface area contributed by atoms with Crippen molar-refractivity contribution in [2.24, 2.45) is 0 Å². The van der Waals surface area contributed by atoms with E-state index in [2.05, 4.69) is 26.1 Å². The van der Waals surface area contributed by atoms with Crippen molar-refractivity contribution < 1.29 is 14.7 Å². The van der Waals surface area contributed by atoms with Gasteiger partial charge >= 0.3 is 0 Å². The minimum absolute atomic E-state index is 0.0510. The summed E-state index contributed by atoms with van der Waals surface area (Å²) in [6.07, 6.45) is 0.215. The van der Waals surface area contributed by atoms with Crippen LogP contribution in [0.2, 0.25) is 0 Å². The number of hydrogen-bond donors (Lipinski definition) is 2. The molecule has 0 radical (unpaired) electrons. The Bertz CT molecular complexity index is 532. The second-order valence-corrected chi connectivity index (χ2v) is 6.87. The molecule has 0 saturated heterocycles. The first-order chi connectivity index (χ1) is 10.7. The van der Waals surface area contributed by atoms with E-state index in [0.717, 1.165) is 0 Å². The number of benzene rings is 1. The van der Waals surface area contributed by atoms with Gasteiger partial charge in [-0.25, -0.2) is 0 Å². The number of hydrogen-bond acceptors (Lipinski definition) is 3. The van der Waals surface area contributed by atoms with Crippen molar-refractivity contribution in [2.45, 2.75) is 45.6 Å². The number of aliphatic hydroxyl groups is 1. The third-order valence-corrected chi connectivity index (χ3v) is 3.96. The van der Waals surface area contributed by atoms with E-state index in [-0.39, 0.29) is 42.8 Å². The molecule has 0 bridgehead atoms. The van der Waals surface area contributed by atoms with Crippen molar-refractivity contribution in [3.8, 4) is 0 Å². The van der Waals surface area contributed by atoms with Crippen molar-refractivity contribution in [1.29, 1.82) is 0 Å². The number of aliphatic hydroxyl groups excluding tert-OH is 1. The summed E-state index contributed by atoms with van der Waals surface area (Å²) in [7, 11) is 1.65. The van der Waals surface area contributed by atoms with Crippen LogP contribution < -0.4 is 5.32 Å². The lowest BCUT2D eigenvalue weighted by Crippen LogP contribution is -2.39. The Kier molecular flexibility index (Phi) is 6.76. The third kappa shape index (κ3) is 5.67. The highest BCUT2D eigenvalue weighted by atomic mass is 16.3. The van der Waals surface area contributed by atoms with Gasteiger partial charge in [0.05, 0.1) is 12.6 Å². The predicted molar refractivity (Wildman–Crippen MR) is 91.4 cm³/mol. The van der Waals surface area contributed by atoms with Gasteiger partial charge in [0.2, 0.25) is 5.91 Å². The van der Waals surface area contributed by atoms with E-state index in [1.807, 2.05) is 12.1 Å². The second-order valence-electron chi connectivity index (χ2n) is 6.87. The standard InChI is InChI=1S/C18H28N2O3/c1-13(12-21)20(5)16(22)10-11-19-17(23)14-6-8-15(9-7-14)18(2,3)4/h6-9,13,21H,10-12H2,1-5H3,(H,19,23). The molecule has 23 heavy (non-hydrogen) atoms. The third-order valence-electron chi connectivity index (χ3n) is 3.96. The van der Waals surface area contributed by atoms with Crippen LogP contribution in [0.1, 0.15) is 50.0 Å². The maximum atomic E-state index is 12.1. The number of nitrogens with zero attached hydrogens (tertiary/aromatic N) is 1. The van der Waals surface area contributed by atoms with Crippen LogP contribution in [0, 0.1) is 0 Å². The summed E-state index contributed by atoms with van der Waals surface area (Å²) in [5.74, 6) is -0.286. The topological polar surface area (TPSA) is 69.6 Å². The molecule has 0 fully saturated rings. The Morgan fingerprint density at radius 2 is 1.78 bits per heavy atom. The van der Waals surface area contributed by atoms with Gasteiger partial charge in [0.1, 0.15) is 0 Å². The molecule has 0 spiro atoms. The molecule has 1 aromatic carbocycles. The summed E-state index contributed by atoms with van der Waals surface area (Å²) in [6, 6.07) is 7.30. The smallest absolute Gasteiger partial charge is 0.251 e. The molecule has 2 amide bonds. The Morgan fingerprint density at radius 1 is 1.22 bits per heavy atom. The van der Waals surface area contributed by atoms with Gasteiger partial charge in [-0.05, 0) is 30.0 Å². The molecule has 128 valence electrons. The van der Waals surface area contributed by atoms with E-state index in [0.29, 0.717) is 5.56 Å². The van der Waals surface area contributed by atoms with Crippen LogP contribution >= 0.6 is 0 Å². The van der Waals surface area contributed by atoms with Crippen molar-refractivity contribution in [1.82, 2.24) is 10.2 Å². The molecule has 5 heteroatoms. The van der Waals surface area contributed by atoms with Crippen LogP contribution in [0.4, 0.5) is 0 Å². The first-order valence-corrected chi connectivity index (χ1v) is 7.92. The van der Waals surface area contributed by atoms with E-state index in [9.17, 15) is 9.59 Å². The van der Waals surface area contributed by atoms with Gasteiger partial charge in [0.25, 0.3) is 5.91 Å². The van der Waals surface area contributed by atoms with Gasteiger partial charge < -0.3 is 15.3 Å². The maximum Gasteiger partial charge on any atom is 0.251 e. The lowest BCUT2D eigenvalue weighted by molar-refractivity contribution is -0.132. The number of rotatable bonds is 6. The van der Waals surface area contributed by atoms with E-state index in [1.54, 1.807) is 26.1 Å². The Labute approximate surface area is 138 Å². The predicted octanol–water partition coefficient (Wildman–Crippen LogP) is 1.94. The number of likely N-dealkylation sites (N-methyl/N-ethyl adjacent to an activating group) is 1. The SMILES string of the molecule is CC(CO)N(C)C(=O)CCNC(=O)c1ccc(C(C)(C)C)cc1. The zero-order valence-corrected chi connectivity index (χ0v) is 14.7. The monoisotopic (exact) mass is 320 g/mol. The lowest BCUT2D eigenvalue weighted by Gasteiger charge is -2.23. The first-order valence-electron chi connectivity index (χ1n) is 7.92. The summed E-state index contributed by atoms with van der Waals surface area (Å²) in [5.41, 5.74) is 1.81.